The lowest BCUT2D eigenvalue weighted by atomic mass is 10.2. The standard InChI is InChI=1S/C16H19N5O3/c17-14(22)9-20(11-5-1-2-6-11)15(23)10-21-16(24)12-7-3-4-8-13(12)18-19-21/h3-4,7-8,11H,1-2,5-6,9-10H2,(H2,17,22). The van der Waals surface area contributed by atoms with Crippen molar-refractivity contribution in [3.05, 3.63) is 34.6 Å². The van der Waals surface area contributed by atoms with Crippen molar-refractivity contribution in [2.75, 3.05) is 6.54 Å². The van der Waals surface area contributed by atoms with Crippen molar-refractivity contribution in [2.45, 2.75) is 38.3 Å². The van der Waals surface area contributed by atoms with Gasteiger partial charge in [-0.15, -0.1) is 5.10 Å². The maximum absolute atomic E-state index is 12.6. The summed E-state index contributed by atoms with van der Waals surface area (Å²) in [6, 6.07) is 6.82. The molecule has 0 radical (unpaired) electrons. The summed E-state index contributed by atoms with van der Waals surface area (Å²) < 4.78 is 1.04. The van der Waals surface area contributed by atoms with Gasteiger partial charge in [0.05, 0.1) is 11.9 Å². The quantitative estimate of drug-likeness (QED) is 0.833. The smallest absolute Gasteiger partial charge is 0.278 e. The van der Waals surface area contributed by atoms with Crippen LogP contribution in [0.25, 0.3) is 10.9 Å². The summed E-state index contributed by atoms with van der Waals surface area (Å²) in [5, 5.41) is 8.19. The number of nitrogens with two attached hydrogens (primary N) is 1. The Hall–Kier alpha value is -2.77. The van der Waals surface area contributed by atoms with E-state index in [4.69, 9.17) is 5.73 Å². The second-order valence-corrected chi connectivity index (χ2v) is 6.00. The fourth-order valence-corrected chi connectivity index (χ4v) is 3.15. The highest BCUT2D eigenvalue weighted by Crippen LogP contribution is 2.23. The number of primary amides is 1. The van der Waals surface area contributed by atoms with E-state index >= 15 is 0 Å². The van der Waals surface area contributed by atoms with Gasteiger partial charge >= 0.3 is 0 Å². The molecule has 1 aliphatic carbocycles. The molecule has 1 aromatic heterocycles. The molecule has 1 aliphatic rings. The molecular weight excluding hydrogens is 310 g/mol. The van der Waals surface area contributed by atoms with E-state index in [0.29, 0.717) is 10.9 Å². The molecule has 0 saturated heterocycles. The summed E-state index contributed by atoms with van der Waals surface area (Å²) in [5.41, 5.74) is 5.37. The van der Waals surface area contributed by atoms with Crippen molar-refractivity contribution in [2.24, 2.45) is 5.73 Å². The first-order valence-electron chi connectivity index (χ1n) is 7.96. The van der Waals surface area contributed by atoms with E-state index in [1.807, 2.05) is 0 Å². The minimum Gasteiger partial charge on any atom is -0.368 e. The molecule has 0 atom stereocenters. The van der Waals surface area contributed by atoms with Crippen LogP contribution < -0.4 is 11.3 Å². The summed E-state index contributed by atoms with van der Waals surface area (Å²) in [4.78, 5) is 37.8. The highest BCUT2D eigenvalue weighted by molar-refractivity contribution is 5.84. The predicted molar refractivity (Wildman–Crippen MR) is 87.0 cm³/mol. The Balaban J connectivity index is 1.85. The third-order valence-corrected chi connectivity index (χ3v) is 4.33. The molecule has 0 unspecified atom stereocenters. The topological polar surface area (TPSA) is 111 Å². The van der Waals surface area contributed by atoms with Crippen LogP contribution in [0.4, 0.5) is 0 Å². The van der Waals surface area contributed by atoms with Crippen molar-refractivity contribution in [3.63, 3.8) is 0 Å². The minimum absolute atomic E-state index is 0.00545. The van der Waals surface area contributed by atoms with Gasteiger partial charge in [-0.05, 0) is 25.0 Å². The van der Waals surface area contributed by atoms with Gasteiger partial charge in [-0.2, -0.15) is 0 Å². The monoisotopic (exact) mass is 329 g/mol. The maximum atomic E-state index is 12.6. The first-order chi connectivity index (χ1) is 11.6. The van der Waals surface area contributed by atoms with E-state index in [1.54, 1.807) is 24.3 Å². The molecular formula is C16H19N5O3. The fourth-order valence-electron chi connectivity index (χ4n) is 3.15. The number of hydrogen-bond acceptors (Lipinski definition) is 5. The molecule has 1 fully saturated rings. The van der Waals surface area contributed by atoms with Gasteiger partial charge < -0.3 is 10.6 Å². The number of nitrogens with zero attached hydrogens (tertiary/aromatic N) is 4. The zero-order valence-corrected chi connectivity index (χ0v) is 13.2. The van der Waals surface area contributed by atoms with E-state index in [1.165, 1.54) is 4.90 Å². The van der Waals surface area contributed by atoms with Crippen LogP contribution in [0, 0.1) is 0 Å². The Labute approximate surface area is 138 Å². The average Bonchev–Trinajstić information content (AvgIpc) is 3.09. The summed E-state index contributed by atoms with van der Waals surface area (Å²) >= 11 is 0. The van der Waals surface area contributed by atoms with Crippen LogP contribution in [-0.2, 0) is 16.1 Å². The summed E-state index contributed by atoms with van der Waals surface area (Å²) in [7, 11) is 0. The molecule has 0 aliphatic heterocycles. The molecule has 24 heavy (non-hydrogen) atoms. The first-order valence-corrected chi connectivity index (χ1v) is 7.96. The molecule has 0 bridgehead atoms. The lowest BCUT2D eigenvalue weighted by Crippen LogP contribution is -2.46. The normalized spacial score (nSPS) is 14.8. The number of hydrogen-bond donors (Lipinski definition) is 1. The van der Waals surface area contributed by atoms with E-state index < -0.39 is 5.91 Å². The van der Waals surface area contributed by atoms with Gasteiger partial charge in [0.2, 0.25) is 11.8 Å². The Morgan fingerprint density at radius 3 is 2.67 bits per heavy atom. The Morgan fingerprint density at radius 2 is 1.96 bits per heavy atom. The Kier molecular flexibility index (Phi) is 4.54. The Bertz CT molecular complexity index is 826. The van der Waals surface area contributed by atoms with Crippen LogP contribution in [0.15, 0.2) is 29.1 Å². The van der Waals surface area contributed by atoms with E-state index in [2.05, 4.69) is 10.3 Å². The fraction of sp³-hybridized carbons (Fsp3) is 0.438. The van der Waals surface area contributed by atoms with Gasteiger partial charge in [0.1, 0.15) is 12.1 Å². The van der Waals surface area contributed by atoms with Crippen molar-refractivity contribution in [1.29, 1.82) is 0 Å². The average molecular weight is 329 g/mol. The molecule has 126 valence electrons. The lowest BCUT2D eigenvalue weighted by molar-refractivity contribution is -0.138. The van der Waals surface area contributed by atoms with E-state index in [0.717, 1.165) is 30.4 Å². The largest absolute Gasteiger partial charge is 0.368 e. The Morgan fingerprint density at radius 1 is 1.25 bits per heavy atom. The first kappa shape index (κ1) is 16.1. The van der Waals surface area contributed by atoms with E-state index in [-0.39, 0.29) is 30.6 Å². The number of fused-ring (bicyclic) bond motifs is 1. The van der Waals surface area contributed by atoms with Crippen molar-refractivity contribution in [3.8, 4) is 0 Å². The zero-order chi connectivity index (χ0) is 17.1. The van der Waals surface area contributed by atoms with Crippen molar-refractivity contribution in [1.82, 2.24) is 19.9 Å². The lowest BCUT2D eigenvalue weighted by Gasteiger charge is -2.27. The predicted octanol–water partition coefficient (Wildman–Crippen LogP) is 0.0480. The van der Waals surface area contributed by atoms with Crippen LogP contribution in [0.1, 0.15) is 25.7 Å². The van der Waals surface area contributed by atoms with Gasteiger partial charge in [-0.1, -0.05) is 30.2 Å². The molecule has 2 amide bonds. The van der Waals surface area contributed by atoms with Crippen molar-refractivity contribution < 1.29 is 9.59 Å². The molecule has 1 saturated carbocycles. The molecule has 8 heteroatoms. The van der Waals surface area contributed by atoms with E-state index in [9.17, 15) is 14.4 Å². The maximum Gasteiger partial charge on any atom is 0.278 e. The zero-order valence-electron chi connectivity index (χ0n) is 13.2. The third kappa shape index (κ3) is 3.27. The summed E-state index contributed by atoms with van der Waals surface area (Å²) in [5.74, 6) is -0.903. The van der Waals surface area contributed by atoms with Crippen LogP contribution >= 0.6 is 0 Å². The third-order valence-electron chi connectivity index (χ3n) is 4.33. The van der Waals surface area contributed by atoms with Crippen molar-refractivity contribution >= 4 is 22.7 Å². The molecule has 0 spiro atoms. The second-order valence-electron chi connectivity index (χ2n) is 6.00. The molecule has 1 heterocycles. The SMILES string of the molecule is NC(=O)CN(C(=O)Cn1nnc2ccccc2c1=O)C1CCCC1. The number of carbonyl (C=O) groups excluding carboxylic acids is 2. The molecule has 2 aromatic rings. The molecule has 3 rings (SSSR count). The van der Waals surface area contributed by atoms with Gasteiger partial charge in [0.25, 0.3) is 5.56 Å². The second kappa shape index (κ2) is 6.77. The minimum atomic E-state index is -0.563. The number of amides is 2. The van der Waals surface area contributed by atoms with Crippen LogP contribution in [0.2, 0.25) is 0 Å². The summed E-state index contributed by atoms with van der Waals surface area (Å²) in [6.45, 7) is -0.389. The van der Waals surface area contributed by atoms with Crippen LogP contribution in [0.5, 0.6) is 0 Å². The van der Waals surface area contributed by atoms with Gasteiger partial charge in [-0.25, -0.2) is 4.68 Å². The number of aromatic nitrogens is 3. The highest BCUT2D eigenvalue weighted by atomic mass is 16.2. The van der Waals surface area contributed by atoms with Crippen LogP contribution in [-0.4, -0.2) is 44.3 Å². The number of carbonyl (C=O) groups is 2. The number of benzene rings is 1. The summed E-state index contributed by atoms with van der Waals surface area (Å²) in [6.07, 6.45) is 3.72. The van der Waals surface area contributed by atoms with Gasteiger partial charge in [0.15, 0.2) is 0 Å². The number of rotatable bonds is 5. The molecule has 1 aromatic carbocycles. The van der Waals surface area contributed by atoms with Crippen LogP contribution in [0.3, 0.4) is 0 Å². The highest BCUT2D eigenvalue weighted by Gasteiger charge is 2.28. The molecule has 8 nitrogen and oxygen atoms in total. The van der Waals surface area contributed by atoms with Gasteiger partial charge in [-0.3, -0.25) is 14.4 Å². The molecule has 2 N–H and O–H groups in total. The van der Waals surface area contributed by atoms with Gasteiger partial charge in [0, 0.05) is 6.04 Å².